The molecule has 0 saturated heterocycles. The van der Waals surface area contributed by atoms with Crippen molar-refractivity contribution in [3.05, 3.63) is 47.3 Å². The summed E-state index contributed by atoms with van der Waals surface area (Å²) in [6.07, 6.45) is 2.16. The molecule has 1 atom stereocenters. The molecule has 0 aliphatic carbocycles. The predicted molar refractivity (Wildman–Crippen MR) is 72.7 cm³/mol. The molecule has 3 rings (SSSR count). The van der Waals surface area contributed by atoms with E-state index in [1.54, 1.807) is 25.4 Å². The van der Waals surface area contributed by atoms with Crippen LogP contribution in [0.5, 0.6) is 0 Å². The number of aromatic nitrogens is 2. The van der Waals surface area contributed by atoms with Crippen molar-refractivity contribution >= 4 is 11.6 Å². The first-order valence-corrected chi connectivity index (χ1v) is 6.45. The lowest BCUT2D eigenvalue weighted by molar-refractivity contribution is -0.118. The number of benzene rings is 1. The van der Waals surface area contributed by atoms with E-state index in [1.165, 1.54) is 6.07 Å². The molecule has 2 heterocycles. The van der Waals surface area contributed by atoms with E-state index >= 15 is 0 Å². The number of amides is 1. The highest BCUT2D eigenvalue weighted by atomic mass is 19.1. The van der Waals surface area contributed by atoms with Crippen LogP contribution in [0.3, 0.4) is 0 Å². The van der Waals surface area contributed by atoms with Crippen molar-refractivity contribution < 1.29 is 9.18 Å². The van der Waals surface area contributed by atoms with Crippen molar-refractivity contribution in [2.24, 2.45) is 0 Å². The number of carbonyl (C=O) groups excluding carboxylic acids is 1. The maximum atomic E-state index is 13.4. The lowest BCUT2D eigenvalue weighted by Crippen LogP contribution is -2.44. The van der Waals surface area contributed by atoms with Crippen molar-refractivity contribution in [3.63, 3.8) is 0 Å². The summed E-state index contributed by atoms with van der Waals surface area (Å²) in [5.74, 6) is -0.499. The second-order valence-electron chi connectivity index (χ2n) is 4.87. The summed E-state index contributed by atoms with van der Waals surface area (Å²) in [6.45, 7) is 2.22. The van der Waals surface area contributed by atoms with Gasteiger partial charge in [-0.05, 0) is 19.1 Å². The molecule has 1 aliphatic heterocycles. The number of H-pyrrole nitrogens is 1. The molecular weight excluding hydrogens is 259 g/mol. The van der Waals surface area contributed by atoms with Gasteiger partial charge in [-0.1, -0.05) is 6.07 Å². The smallest absolute Gasteiger partial charge is 0.241 e. The van der Waals surface area contributed by atoms with Gasteiger partial charge in [0.2, 0.25) is 5.91 Å². The van der Waals surface area contributed by atoms with Crippen LogP contribution >= 0.6 is 0 Å². The van der Waals surface area contributed by atoms with Gasteiger partial charge < -0.3 is 10.3 Å². The molecule has 0 spiro atoms. The number of rotatable bonds is 2. The lowest BCUT2D eigenvalue weighted by Gasteiger charge is -2.22. The number of fused-ring (bicyclic) bond motifs is 1. The van der Waals surface area contributed by atoms with Crippen LogP contribution in [0.4, 0.5) is 10.1 Å². The number of hydrogen-bond donors (Lipinski definition) is 3. The second-order valence-corrected chi connectivity index (χ2v) is 4.87. The highest BCUT2D eigenvalue weighted by Crippen LogP contribution is 2.19. The number of nitrogens with one attached hydrogen (secondary N) is 3. The number of nitrogens with zero attached hydrogens (tertiary/aromatic N) is 1. The Morgan fingerprint density at radius 3 is 3.20 bits per heavy atom. The summed E-state index contributed by atoms with van der Waals surface area (Å²) in [4.78, 5) is 19.4. The maximum Gasteiger partial charge on any atom is 0.241 e. The van der Waals surface area contributed by atoms with E-state index in [0.717, 1.165) is 11.4 Å². The highest BCUT2D eigenvalue weighted by Gasteiger charge is 2.26. The molecule has 0 bridgehead atoms. The Bertz CT molecular complexity index is 652. The Hall–Kier alpha value is -2.21. The molecule has 1 unspecified atom stereocenters. The molecule has 1 aromatic heterocycles. The predicted octanol–water partition coefficient (Wildman–Crippen LogP) is 1.51. The molecule has 3 N–H and O–H groups in total. The fourth-order valence-corrected chi connectivity index (χ4v) is 2.32. The van der Waals surface area contributed by atoms with Crippen molar-refractivity contribution in [1.29, 1.82) is 0 Å². The summed E-state index contributed by atoms with van der Waals surface area (Å²) in [5.41, 5.74) is 2.86. The highest BCUT2D eigenvalue weighted by molar-refractivity contribution is 5.95. The Labute approximate surface area is 115 Å². The van der Waals surface area contributed by atoms with Crippen LogP contribution in [-0.2, 0) is 17.8 Å². The molecule has 1 aliphatic rings. The van der Waals surface area contributed by atoms with Crippen LogP contribution in [0.25, 0.3) is 0 Å². The topological polar surface area (TPSA) is 69.8 Å². The van der Waals surface area contributed by atoms with E-state index in [-0.39, 0.29) is 17.8 Å². The first-order valence-electron chi connectivity index (χ1n) is 6.45. The van der Waals surface area contributed by atoms with E-state index in [9.17, 15) is 9.18 Å². The quantitative estimate of drug-likeness (QED) is 0.777. The standard InChI is InChI=1S/C14H15FN4O/c1-8-9(15)3-2-4-10(8)19-14(20)12-5-11-13(6-16-12)18-7-17-11/h2-4,7,12,16H,5-6H2,1H3,(H,17,18)(H,19,20). The normalized spacial score (nSPS) is 17.6. The van der Waals surface area contributed by atoms with Crippen molar-refractivity contribution in [2.75, 3.05) is 5.32 Å². The van der Waals surface area contributed by atoms with Gasteiger partial charge in [-0.3, -0.25) is 10.1 Å². The van der Waals surface area contributed by atoms with Crippen molar-refractivity contribution in [3.8, 4) is 0 Å². The second kappa shape index (κ2) is 5.05. The fraction of sp³-hybridized carbons (Fsp3) is 0.286. The van der Waals surface area contributed by atoms with Gasteiger partial charge in [-0.15, -0.1) is 0 Å². The van der Waals surface area contributed by atoms with Gasteiger partial charge in [-0.2, -0.15) is 0 Å². The van der Waals surface area contributed by atoms with Crippen LogP contribution in [0.15, 0.2) is 24.5 Å². The average Bonchev–Trinajstić information content (AvgIpc) is 2.91. The molecule has 20 heavy (non-hydrogen) atoms. The molecule has 6 heteroatoms. The van der Waals surface area contributed by atoms with Crippen LogP contribution in [0, 0.1) is 12.7 Å². The largest absolute Gasteiger partial charge is 0.347 e. The van der Waals surface area contributed by atoms with Gasteiger partial charge in [0.25, 0.3) is 0 Å². The van der Waals surface area contributed by atoms with E-state index in [4.69, 9.17) is 0 Å². The molecule has 1 amide bonds. The average molecular weight is 274 g/mol. The number of carbonyl (C=O) groups is 1. The van der Waals surface area contributed by atoms with E-state index in [2.05, 4.69) is 20.6 Å². The zero-order valence-electron chi connectivity index (χ0n) is 11.0. The first kappa shape index (κ1) is 12.8. The fourth-order valence-electron chi connectivity index (χ4n) is 2.32. The molecule has 1 aromatic carbocycles. The van der Waals surface area contributed by atoms with Crippen LogP contribution < -0.4 is 10.6 Å². The zero-order chi connectivity index (χ0) is 14.1. The van der Waals surface area contributed by atoms with Gasteiger partial charge in [0.05, 0.1) is 23.8 Å². The molecule has 0 fully saturated rings. The Balaban J connectivity index is 1.73. The molecule has 5 nitrogen and oxygen atoms in total. The van der Waals surface area contributed by atoms with Crippen molar-refractivity contribution in [2.45, 2.75) is 25.9 Å². The van der Waals surface area contributed by atoms with Crippen molar-refractivity contribution in [1.82, 2.24) is 15.3 Å². The van der Waals surface area contributed by atoms with Gasteiger partial charge in [0, 0.05) is 24.2 Å². The number of hydrogen-bond acceptors (Lipinski definition) is 3. The summed E-state index contributed by atoms with van der Waals surface area (Å²) in [7, 11) is 0. The van der Waals surface area contributed by atoms with Crippen LogP contribution in [0.2, 0.25) is 0 Å². The monoisotopic (exact) mass is 274 g/mol. The summed E-state index contributed by atoms with van der Waals surface area (Å²) in [5, 5.41) is 5.90. The molecule has 104 valence electrons. The number of halogens is 1. The Kier molecular flexibility index (Phi) is 3.23. The zero-order valence-corrected chi connectivity index (χ0v) is 11.0. The Morgan fingerprint density at radius 2 is 2.35 bits per heavy atom. The molecule has 2 aromatic rings. The molecular formula is C14H15FN4O. The van der Waals surface area contributed by atoms with Gasteiger partial charge >= 0.3 is 0 Å². The van der Waals surface area contributed by atoms with E-state index < -0.39 is 0 Å². The van der Waals surface area contributed by atoms with Crippen LogP contribution in [-0.4, -0.2) is 21.9 Å². The molecule has 0 saturated carbocycles. The minimum atomic E-state index is -0.353. The van der Waals surface area contributed by atoms with Gasteiger partial charge in [0.1, 0.15) is 5.82 Å². The number of imidazole rings is 1. The minimum Gasteiger partial charge on any atom is -0.347 e. The summed E-state index contributed by atoms with van der Waals surface area (Å²) in [6, 6.07) is 4.30. The third-order valence-corrected chi connectivity index (χ3v) is 3.57. The maximum absolute atomic E-state index is 13.4. The molecule has 0 radical (unpaired) electrons. The third kappa shape index (κ3) is 2.30. The summed E-state index contributed by atoms with van der Waals surface area (Å²) < 4.78 is 13.4. The van der Waals surface area contributed by atoms with E-state index in [1.807, 2.05) is 0 Å². The van der Waals surface area contributed by atoms with Gasteiger partial charge in [-0.25, -0.2) is 9.37 Å². The van der Waals surface area contributed by atoms with Gasteiger partial charge in [0.15, 0.2) is 0 Å². The summed E-state index contributed by atoms with van der Waals surface area (Å²) >= 11 is 0. The third-order valence-electron chi connectivity index (χ3n) is 3.57. The first-order chi connectivity index (χ1) is 9.65. The van der Waals surface area contributed by atoms with E-state index in [0.29, 0.717) is 24.2 Å². The SMILES string of the molecule is Cc1c(F)cccc1NC(=O)C1Cc2nc[nH]c2CN1. The number of anilines is 1. The lowest BCUT2D eigenvalue weighted by atomic mass is 10.0. The number of aromatic amines is 1. The minimum absolute atomic E-state index is 0.174. The Morgan fingerprint density at radius 1 is 1.50 bits per heavy atom. The van der Waals surface area contributed by atoms with Crippen LogP contribution in [0.1, 0.15) is 17.0 Å².